The maximum Gasteiger partial charge on any atom is 0.274 e. The summed E-state index contributed by atoms with van der Waals surface area (Å²) in [4.78, 5) is 20.0. The van der Waals surface area contributed by atoms with Gasteiger partial charge in [-0.3, -0.25) is 9.48 Å². The summed E-state index contributed by atoms with van der Waals surface area (Å²) in [5.74, 6) is 0.561. The first-order valence-electron chi connectivity index (χ1n) is 15.6. The number of likely N-dealkylation sites (tertiary alicyclic amines) is 1. The molecule has 0 atom stereocenters. The van der Waals surface area contributed by atoms with Crippen LogP contribution in [0.25, 0.3) is 10.9 Å². The van der Waals surface area contributed by atoms with Gasteiger partial charge in [-0.05, 0) is 121 Å². The Bertz CT molecular complexity index is 1370. The number of nitrogens with one attached hydrogen (secondary N) is 2. The van der Waals surface area contributed by atoms with E-state index in [-0.39, 0.29) is 5.91 Å². The van der Waals surface area contributed by atoms with Gasteiger partial charge in [-0.25, -0.2) is 4.98 Å². The van der Waals surface area contributed by atoms with Crippen LogP contribution in [0.5, 0.6) is 0 Å². The van der Waals surface area contributed by atoms with E-state index in [1.807, 2.05) is 31.2 Å². The van der Waals surface area contributed by atoms with Gasteiger partial charge in [0.15, 0.2) is 0 Å². The fourth-order valence-corrected chi connectivity index (χ4v) is 7.40. The van der Waals surface area contributed by atoms with Gasteiger partial charge in [0, 0.05) is 48.2 Å². The molecule has 41 heavy (non-hydrogen) atoms. The summed E-state index contributed by atoms with van der Waals surface area (Å²) >= 11 is 0. The molecule has 1 amide bonds. The maximum atomic E-state index is 13.0. The number of hydrogen-bond acceptors (Lipinski definition) is 6. The average Bonchev–Trinajstić information content (AvgIpc) is 3.37. The maximum absolute atomic E-state index is 13.0. The van der Waals surface area contributed by atoms with E-state index in [9.17, 15) is 9.90 Å². The molecule has 6 rings (SSSR count). The van der Waals surface area contributed by atoms with Crippen molar-refractivity contribution in [3.8, 4) is 0 Å². The predicted octanol–water partition coefficient (Wildman–Crippen LogP) is 5.42. The summed E-state index contributed by atoms with van der Waals surface area (Å²) in [5.41, 5.74) is 2.71. The number of anilines is 1. The Morgan fingerprint density at radius 3 is 2.51 bits per heavy atom. The smallest absolute Gasteiger partial charge is 0.274 e. The van der Waals surface area contributed by atoms with Crippen molar-refractivity contribution < 1.29 is 9.90 Å². The van der Waals surface area contributed by atoms with Crippen LogP contribution in [-0.4, -0.2) is 63.4 Å². The topological polar surface area (TPSA) is 95.3 Å². The minimum Gasteiger partial charge on any atom is -0.386 e. The van der Waals surface area contributed by atoms with E-state index in [0.717, 1.165) is 48.4 Å². The number of aromatic nitrogens is 3. The Labute approximate surface area is 243 Å². The summed E-state index contributed by atoms with van der Waals surface area (Å²) in [7, 11) is 0. The second kappa shape index (κ2) is 11.5. The third-order valence-corrected chi connectivity index (χ3v) is 9.97. The molecule has 3 aliphatic rings. The van der Waals surface area contributed by atoms with E-state index < -0.39 is 5.60 Å². The van der Waals surface area contributed by atoms with Crippen molar-refractivity contribution in [1.29, 1.82) is 0 Å². The van der Waals surface area contributed by atoms with E-state index in [1.54, 1.807) is 19.9 Å². The number of rotatable bonds is 6. The van der Waals surface area contributed by atoms with Gasteiger partial charge >= 0.3 is 0 Å². The molecule has 1 aromatic carbocycles. The number of carbonyl (C=O) groups excluding carboxylic acids is 1. The summed E-state index contributed by atoms with van der Waals surface area (Å²) < 4.78 is 2.12. The van der Waals surface area contributed by atoms with Crippen molar-refractivity contribution in [2.45, 2.75) is 83.8 Å². The number of fused-ring (bicyclic) bond motifs is 1. The van der Waals surface area contributed by atoms with Gasteiger partial charge in [0.2, 0.25) is 0 Å². The van der Waals surface area contributed by atoms with Gasteiger partial charge in [-0.2, -0.15) is 5.10 Å². The summed E-state index contributed by atoms with van der Waals surface area (Å²) in [5, 5.41) is 23.4. The highest BCUT2D eigenvalue weighted by molar-refractivity contribution is 6.04. The predicted molar refractivity (Wildman–Crippen MR) is 163 cm³/mol. The standard InChI is InChI=1S/C33H46N6O2/c1-23-5-4-6-28(35-23)31(40)36-30-19-25-22-39(37-29(25)20-27(30)32(2,3)41)26-9-17-38(18-10-26)21-24-7-11-33(12-8-24)13-15-34-16-14-33/h4-6,19-20,22,24,26,34,41H,7-18,21H2,1-3H3,(H,36,40). The molecule has 8 nitrogen and oxygen atoms in total. The Morgan fingerprint density at radius 2 is 1.83 bits per heavy atom. The highest BCUT2D eigenvalue weighted by Crippen LogP contribution is 2.45. The van der Waals surface area contributed by atoms with Crippen molar-refractivity contribution in [2.75, 3.05) is 38.0 Å². The molecule has 2 saturated heterocycles. The van der Waals surface area contributed by atoms with E-state index >= 15 is 0 Å². The van der Waals surface area contributed by atoms with Gasteiger partial charge in [0.1, 0.15) is 5.69 Å². The lowest BCUT2D eigenvalue weighted by molar-refractivity contribution is 0.0781. The molecule has 2 aromatic heterocycles. The largest absolute Gasteiger partial charge is 0.386 e. The molecule has 3 aromatic rings. The SMILES string of the molecule is Cc1cccc(C(=O)Nc2cc3cn(C4CCN(CC5CCC6(CCNCC6)CC5)CC4)nc3cc2C(C)(C)O)n1. The number of carbonyl (C=O) groups is 1. The van der Waals surface area contributed by atoms with Gasteiger partial charge in [0.25, 0.3) is 5.91 Å². The number of aliphatic hydroxyl groups is 1. The molecule has 0 radical (unpaired) electrons. The number of pyridine rings is 1. The van der Waals surface area contributed by atoms with Gasteiger partial charge in [0.05, 0.1) is 17.2 Å². The molecule has 1 spiro atoms. The zero-order valence-corrected chi connectivity index (χ0v) is 25.0. The normalized spacial score (nSPS) is 21.0. The molecule has 8 heteroatoms. The molecule has 3 N–H and O–H groups in total. The van der Waals surface area contributed by atoms with E-state index in [4.69, 9.17) is 5.10 Å². The fraction of sp³-hybridized carbons (Fsp3) is 0.606. The third kappa shape index (κ3) is 6.35. The molecule has 0 unspecified atom stereocenters. The quantitative estimate of drug-likeness (QED) is 0.374. The summed E-state index contributed by atoms with van der Waals surface area (Å²) in [6, 6.07) is 9.61. The number of piperidine rings is 2. The van der Waals surface area contributed by atoms with Gasteiger partial charge in [-0.15, -0.1) is 0 Å². The van der Waals surface area contributed by atoms with Crippen LogP contribution >= 0.6 is 0 Å². The zero-order valence-electron chi connectivity index (χ0n) is 25.0. The highest BCUT2D eigenvalue weighted by Gasteiger charge is 2.37. The van der Waals surface area contributed by atoms with Crippen LogP contribution in [0.2, 0.25) is 0 Å². The van der Waals surface area contributed by atoms with Crippen LogP contribution in [0.3, 0.4) is 0 Å². The van der Waals surface area contributed by atoms with E-state index in [0.29, 0.717) is 28.4 Å². The Balaban J connectivity index is 1.10. The van der Waals surface area contributed by atoms with Crippen LogP contribution < -0.4 is 10.6 Å². The summed E-state index contributed by atoms with van der Waals surface area (Å²) in [6.07, 6.45) is 12.7. The Kier molecular flexibility index (Phi) is 7.92. The second-order valence-electron chi connectivity index (χ2n) is 13.5. The number of nitrogens with zero attached hydrogens (tertiary/aromatic N) is 4. The lowest BCUT2D eigenvalue weighted by atomic mass is 9.65. The number of hydrogen-bond donors (Lipinski definition) is 3. The number of amides is 1. The molecule has 0 bridgehead atoms. The van der Waals surface area contributed by atoms with Crippen LogP contribution in [0, 0.1) is 18.3 Å². The monoisotopic (exact) mass is 558 g/mol. The molecule has 1 aliphatic carbocycles. The molecular weight excluding hydrogens is 512 g/mol. The molecule has 3 fully saturated rings. The minimum absolute atomic E-state index is 0.290. The van der Waals surface area contributed by atoms with E-state index in [2.05, 4.69) is 31.4 Å². The second-order valence-corrected chi connectivity index (χ2v) is 13.5. The van der Waals surface area contributed by atoms with Gasteiger partial charge in [-0.1, -0.05) is 6.07 Å². The first-order valence-corrected chi connectivity index (χ1v) is 15.6. The Hall–Kier alpha value is -2.81. The number of benzene rings is 1. The van der Waals surface area contributed by atoms with Crippen molar-refractivity contribution >= 4 is 22.5 Å². The zero-order chi connectivity index (χ0) is 28.6. The van der Waals surface area contributed by atoms with Crippen molar-refractivity contribution in [1.82, 2.24) is 25.0 Å². The Morgan fingerprint density at radius 1 is 1.10 bits per heavy atom. The van der Waals surface area contributed by atoms with Crippen molar-refractivity contribution in [2.24, 2.45) is 11.3 Å². The average molecular weight is 559 g/mol. The summed E-state index contributed by atoms with van der Waals surface area (Å²) in [6.45, 7) is 11.2. The molecule has 2 aliphatic heterocycles. The third-order valence-electron chi connectivity index (χ3n) is 9.97. The highest BCUT2D eigenvalue weighted by atomic mass is 16.3. The van der Waals surface area contributed by atoms with Crippen LogP contribution in [0.4, 0.5) is 5.69 Å². The van der Waals surface area contributed by atoms with Crippen molar-refractivity contribution in [3.05, 3.63) is 53.5 Å². The molecule has 1 saturated carbocycles. The number of aryl methyl sites for hydroxylation is 1. The van der Waals surface area contributed by atoms with Crippen LogP contribution in [-0.2, 0) is 5.60 Å². The van der Waals surface area contributed by atoms with Crippen LogP contribution in [0.1, 0.15) is 93.0 Å². The molecule has 220 valence electrons. The minimum atomic E-state index is -1.14. The van der Waals surface area contributed by atoms with Crippen molar-refractivity contribution in [3.63, 3.8) is 0 Å². The van der Waals surface area contributed by atoms with Gasteiger partial charge < -0.3 is 20.6 Å². The first kappa shape index (κ1) is 28.3. The van der Waals surface area contributed by atoms with Crippen LogP contribution in [0.15, 0.2) is 36.5 Å². The first-order chi connectivity index (χ1) is 19.7. The lowest BCUT2D eigenvalue weighted by Crippen LogP contribution is -2.42. The fourth-order valence-electron chi connectivity index (χ4n) is 7.40. The molecule has 4 heterocycles. The lowest BCUT2D eigenvalue weighted by Gasteiger charge is -2.44. The van der Waals surface area contributed by atoms with E-state index in [1.165, 1.54) is 58.2 Å². The molecular formula is C33H46N6O2.